The highest BCUT2D eigenvalue weighted by Gasteiger charge is 2.26. The summed E-state index contributed by atoms with van der Waals surface area (Å²) in [6, 6.07) is 0. The molecule has 1 atom stereocenters. The van der Waals surface area contributed by atoms with E-state index in [9.17, 15) is 10.2 Å². The molecule has 3 heteroatoms. The standard InChI is InChI=1S/C7H16O2S/c1-3-4-5-7(8,9)6(2)10/h6,8-10H,3-5H2,1-2H3. The molecular weight excluding hydrogens is 148 g/mol. The Morgan fingerprint density at radius 3 is 2.30 bits per heavy atom. The molecule has 0 saturated carbocycles. The van der Waals surface area contributed by atoms with Crippen molar-refractivity contribution in [2.24, 2.45) is 0 Å². The molecule has 0 aliphatic heterocycles. The van der Waals surface area contributed by atoms with Crippen LogP contribution in [0.1, 0.15) is 33.1 Å². The highest BCUT2D eigenvalue weighted by molar-refractivity contribution is 7.81. The van der Waals surface area contributed by atoms with Crippen LogP contribution in [0.3, 0.4) is 0 Å². The zero-order valence-corrected chi connectivity index (χ0v) is 7.43. The van der Waals surface area contributed by atoms with Crippen LogP contribution in [-0.4, -0.2) is 21.3 Å². The number of hydrogen-bond acceptors (Lipinski definition) is 3. The van der Waals surface area contributed by atoms with Crippen LogP contribution in [-0.2, 0) is 0 Å². The van der Waals surface area contributed by atoms with E-state index >= 15 is 0 Å². The zero-order valence-electron chi connectivity index (χ0n) is 6.54. The Hall–Kier alpha value is 0.270. The number of hydrogen-bond donors (Lipinski definition) is 3. The lowest BCUT2D eigenvalue weighted by molar-refractivity contribution is -0.162. The van der Waals surface area contributed by atoms with Crippen molar-refractivity contribution < 1.29 is 10.2 Å². The van der Waals surface area contributed by atoms with Crippen molar-refractivity contribution >= 4 is 12.6 Å². The summed E-state index contributed by atoms with van der Waals surface area (Å²) in [5.74, 6) is -1.58. The highest BCUT2D eigenvalue weighted by atomic mass is 32.1. The average molecular weight is 164 g/mol. The Kier molecular flexibility index (Phi) is 4.32. The lowest BCUT2D eigenvalue weighted by Gasteiger charge is -2.24. The third-order valence-corrected chi connectivity index (χ3v) is 1.98. The van der Waals surface area contributed by atoms with Crippen molar-refractivity contribution in [1.82, 2.24) is 0 Å². The molecule has 0 saturated heterocycles. The Labute approximate surface area is 67.7 Å². The maximum absolute atomic E-state index is 9.20. The lowest BCUT2D eigenvalue weighted by atomic mass is 10.1. The van der Waals surface area contributed by atoms with Gasteiger partial charge >= 0.3 is 0 Å². The van der Waals surface area contributed by atoms with E-state index in [1.54, 1.807) is 6.92 Å². The molecule has 0 rings (SSSR count). The smallest absolute Gasteiger partial charge is 0.174 e. The first-order chi connectivity index (χ1) is 4.50. The van der Waals surface area contributed by atoms with Crippen LogP contribution in [0.15, 0.2) is 0 Å². The number of rotatable bonds is 4. The first kappa shape index (κ1) is 10.3. The van der Waals surface area contributed by atoms with E-state index in [0.29, 0.717) is 6.42 Å². The summed E-state index contributed by atoms with van der Waals surface area (Å²) in [6.45, 7) is 3.69. The van der Waals surface area contributed by atoms with E-state index < -0.39 is 5.79 Å². The summed E-state index contributed by atoms with van der Waals surface area (Å²) in [4.78, 5) is 0. The molecule has 0 aliphatic rings. The minimum atomic E-state index is -1.58. The van der Waals surface area contributed by atoms with E-state index in [1.165, 1.54) is 0 Å². The molecule has 0 aliphatic carbocycles. The molecule has 0 bridgehead atoms. The van der Waals surface area contributed by atoms with Crippen molar-refractivity contribution in [2.45, 2.75) is 44.1 Å². The zero-order chi connectivity index (χ0) is 8.20. The molecule has 62 valence electrons. The minimum absolute atomic E-state index is 0.376. The molecule has 1 unspecified atom stereocenters. The van der Waals surface area contributed by atoms with Gasteiger partial charge in [-0.2, -0.15) is 12.6 Å². The average Bonchev–Trinajstić information content (AvgIpc) is 1.84. The molecule has 10 heavy (non-hydrogen) atoms. The number of thiol groups is 1. The van der Waals surface area contributed by atoms with Gasteiger partial charge in [-0.1, -0.05) is 13.3 Å². The molecule has 0 aromatic rings. The van der Waals surface area contributed by atoms with Gasteiger partial charge in [-0.15, -0.1) is 0 Å². The van der Waals surface area contributed by atoms with Crippen molar-refractivity contribution in [1.29, 1.82) is 0 Å². The summed E-state index contributed by atoms with van der Waals surface area (Å²) in [5.41, 5.74) is 0. The second-order valence-electron chi connectivity index (χ2n) is 2.66. The monoisotopic (exact) mass is 164 g/mol. The Morgan fingerprint density at radius 2 is 2.00 bits per heavy atom. The molecule has 0 amide bonds. The molecule has 0 aromatic carbocycles. The summed E-state index contributed by atoms with van der Waals surface area (Å²) in [6.07, 6.45) is 2.22. The van der Waals surface area contributed by atoms with Crippen LogP contribution in [0.5, 0.6) is 0 Å². The van der Waals surface area contributed by atoms with Crippen LogP contribution in [0.4, 0.5) is 0 Å². The first-order valence-electron chi connectivity index (χ1n) is 3.63. The lowest BCUT2D eigenvalue weighted by Crippen LogP contribution is -2.36. The Balaban J connectivity index is 3.63. The molecule has 2 nitrogen and oxygen atoms in total. The van der Waals surface area contributed by atoms with Crippen LogP contribution in [0.25, 0.3) is 0 Å². The van der Waals surface area contributed by atoms with Gasteiger partial charge in [0.2, 0.25) is 0 Å². The number of unbranched alkanes of at least 4 members (excludes halogenated alkanes) is 1. The van der Waals surface area contributed by atoms with Gasteiger partial charge in [0.05, 0.1) is 5.25 Å². The fraction of sp³-hybridized carbons (Fsp3) is 1.00. The fourth-order valence-corrected chi connectivity index (χ4v) is 0.775. The summed E-state index contributed by atoms with van der Waals surface area (Å²) >= 11 is 3.95. The Bertz CT molecular complexity index is 91.6. The van der Waals surface area contributed by atoms with E-state index in [2.05, 4.69) is 12.6 Å². The summed E-state index contributed by atoms with van der Waals surface area (Å²) in [5, 5.41) is 18.0. The molecule has 2 N–H and O–H groups in total. The molecule has 0 radical (unpaired) electrons. The first-order valence-corrected chi connectivity index (χ1v) is 4.15. The third-order valence-electron chi connectivity index (χ3n) is 1.57. The maximum atomic E-state index is 9.20. The molecule has 0 heterocycles. The van der Waals surface area contributed by atoms with Gasteiger partial charge in [-0.05, 0) is 13.3 Å². The SMILES string of the molecule is CCCCC(O)(O)C(C)S. The van der Waals surface area contributed by atoms with Crippen molar-refractivity contribution in [3.05, 3.63) is 0 Å². The van der Waals surface area contributed by atoms with Gasteiger partial charge in [0.15, 0.2) is 5.79 Å². The Morgan fingerprint density at radius 1 is 1.50 bits per heavy atom. The third kappa shape index (κ3) is 3.44. The second kappa shape index (κ2) is 4.21. The van der Waals surface area contributed by atoms with E-state index in [-0.39, 0.29) is 5.25 Å². The highest BCUT2D eigenvalue weighted by Crippen LogP contribution is 2.18. The van der Waals surface area contributed by atoms with Crippen LogP contribution < -0.4 is 0 Å². The normalized spacial score (nSPS) is 15.3. The molecule has 0 aromatic heterocycles. The molecular formula is C7H16O2S. The predicted octanol–water partition coefficient (Wildman–Crippen LogP) is 1.18. The van der Waals surface area contributed by atoms with Crippen molar-refractivity contribution in [3.63, 3.8) is 0 Å². The van der Waals surface area contributed by atoms with Gasteiger partial charge in [0, 0.05) is 6.42 Å². The van der Waals surface area contributed by atoms with E-state index in [0.717, 1.165) is 12.8 Å². The van der Waals surface area contributed by atoms with Gasteiger partial charge in [0.25, 0.3) is 0 Å². The van der Waals surface area contributed by atoms with Gasteiger partial charge in [-0.3, -0.25) is 0 Å². The predicted molar refractivity (Wildman–Crippen MR) is 45.1 cm³/mol. The minimum Gasteiger partial charge on any atom is -0.365 e. The van der Waals surface area contributed by atoms with Gasteiger partial charge < -0.3 is 10.2 Å². The van der Waals surface area contributed by atoms with Crippen LogP contribution >= 0.6 is 12.6 Å². The van der Waals surface area contributed by atoms with Crippen LogP contribution in [0, 0.1) is 0 Å². The fourth-order valence-electron chi connectivity index (χ4n) is 0.646. The van der Waals surface area contributed by atoms with Crippen LogP contribution in [0.2, 0.25) is 0 Å². The van der Waals surface area contributed by atoms with Crippen molar-refractivity contribution in [3.8, 4) is 0 Å². The second-order valence-corrected chi connectivity index (χ2v) is 3.43. The molecule has 0 spiro atoms. The molecule has 0 fully saturated rings. The topological polar surface area (TPSA) is 40.5 Å². The number of aliphatic hydroxyl groups is 2. The van der Waals surface area contributed by atoms with E-state index in [4.69, 9.17) is 0 Å². The summed E-state index contributed by atoms with van der Waals surface area (Å²) < 4.78 is 0. The maximum Gasteiger partial charge on any atom is 0.174 e. The largest absolute Gasteiger partial charge is 0.365 e. The quantitative estimate of drug-likeness (QED) is 0.431. The van der Waals surface area contributed by atoms with Gasteiger partial charge in [0.1, 0.15) is 0 Å². The van der Waals surface area contributed by atoms with E-state index in [1.807, 2.05) is 6.92 Å². The van der Waals surface area contributed by atoms with Gasteiger partial charge in [-0.25, -0.2) is 0 Å². The summed E-state index contributed by atoms with van der Waals surface area (Å²) in [7, 11) is 0. The van der Waals surface area contributed by atoms with Crippen molar-refractivity contribution in [2.75, 3.05) is 0 Å².